The monoisotopic (exact) mass is 328 g/mol. The van der Waals surface area contributed by atoms with E-state index >= 15 is 0 Å². The van der Waals surface area contributed by atoms with Crippen molar-refractivity contribution < 1.29 is 54.6 Å². The number of thioether (sulfide) groups is 2. The van der Waals surface area contributed by atoms with E-state index in [1.54, 1.807) is 0 Å². The summed E-state index contributed by atoms with van der Waals surface area (Å²) >= 11 is 2.60. The molecule has 10 heteroatoms. The molecule has 0 spiro atoms. The predicted octanol–water partition coefficient (Wildman–Crippen LogP) is -4.46. The van der Waals surface area contributed by atoms with Gasteiger partial charge in [0, 0.05) is 5.75 Å². The first-order valence-electron chi connectivity index (χ1n) is 5.63. The summed E-state index contributed by atoms with van der Waals surface area (Å²) in [5.74, 6) is -1.86. The van der Waals surface area contributed by atoms with Crippen LogP contribution in [0.4, 0.5) is 0 Å². The number of hydrogen-bond donors (Lipinski definition) is 2. The third-order valence-electron chi connectivity index (χ3n) is 3.13. The molecule has 5 atom stereocenters. The van der Waals surface area contributed by atoms with E-state index < -0.39 is 24.0 Å². The quantitative estimate of drug-likeness (QED) is 0.172. The third kappa shape index (κ3) is 3.12. The van der Waals surface area contributed by atoms with Crippen LogP contribution in [-0.2, 0) is 9.59 Å². The molecule has 20 heavy (non-hydrogen) atoms. The first-order valence-corrected chi connectivity index (χ1v) is 7.62. The summed E-state index contributed by atoms with van der Waals surface area (Å²) in [6.45, 7) is 1.52. The van der Waals surface area contributed by atoms with Gasteiger partial charge in [0.2, 0.25) is 5.91 Å². The van der Waals surface area contributed by atoms with Gasteiger partial charge in [-0.15, -0.1) is 28.7 Å². The van der Waals surface area contributed by atoms with Crippen molar-refractivity contribution in [3.8, 4) is 0 Å². The predicted molar refractivity (Wildman–Crippen MR) is 68.7 cm³/mol. The second-order valence-corrected chi connectivity index (χ2v) is 7.04. The van der Waals surface area contributed by atoms with E-state index in [1.165, 1.54) is 41.6 Å². The molecule has 0 aromatic rings. The van der Waals surface area contributed by atoms with Crippen molar-refractivity contribution in [3.63, 3.8) is 0 Å². The molecule has 0 aliphatic carbocycles. The molecule has 2 fully saturated rings. The molecule has 0 aromatic carbocycles. The van der Waals surface area contributed by atoms with Crippen LogP contribution in [0.5, 0.6) is 0 Å². The Kier molecular flexibility index (Phi) is 6.68. The Morgan fingerprint density at radius 2 is 2.35 bits per heavy atom. The number of oxime groups is 1. The largest absolute Gasteiger partial charge is 1.00 e. The number of amides is 1. The zero-order valence-electron chi connectivity index (χ0n) is 11.0. The van der Waals surface area contributed by atoms with Gasteiger partial charge in [-0.25, -0.2) is 0 Å². The van der Waals surface area contributed by atoms with Crippen LogP contribution in [0.15, 0.2) is 5.16 Å². The number of carbonyl (C=O) groups excluding carboxylic acids is 2. The Labute approximate surface area is 146 Å². The number of aliphatic hydroxyl groups is 1. The number of nitrogens with zero attached hydrogens (tertiary/aromatic N) is 2. The number of carboxylic acid groups (broad SMARTS) is 1. The summed E-state index contributed by atoms with van der Waals surface area (Å²) in [7, 11) is 0. The van der Waals surface area contributed by atoms with Crippen molar-refractivity contribution >= 4 is 41.6 Å². The number of carbonyl (C=O) groups is 2. The van der Waals surface area contributed by atoms with E-state index in [9.17, 15) is 19.8 Å². The van der Waals surface area contributed by atoms with E-state index in [2.05, 4.69) is 5.16 Å². The fourth-order valence-electron chi connectivity index (χ4n) is 2.27. The molecule has 2 rings (SSSR count). The molecule has 7 nitrogen and oxygen atoms in total. The number of rotatable bonds is 5. The molecule has 0 saturated carbocycles. The van der Waals surface area contributed by atoms with E-state index in [4.69, 9.17) is 5.21 Å². The zero-order valence-corrected chi connectivity index (χ0v) is 14.6. The van der Waals surface area contributed by atoms with Crippen LogP contribution < -0.4 is 34.7 Å². The Morgan fingerprint density at radius 3 is 2.85 bits per heavy atom. The maximum Gasteiger partial charge on any atom is 1.00 e. The van der Waals surface area contributed by atoms with Crippen LogP contribution in [0.3, 0.4) is 0 Å². The van der Waals surface area contributed by atoms with Gasteiger partial charge in [-0.05, 0) is 6.92 Å². The maximum absolute atomic E-state index is 11.9. The smallest absolute Gasteiger partial charge is 0.548 e. The number of fused-ring (bicyclic) bond motifs is 1. The van der Waals surface area contributed by atoms with Gasteiger partial charge in [-0.1, -0.05) is 0 Å². The average molecular weight is 328 g/mol. The summed E-state index contributed by atoms with van der Waals surface area (Å²) in [4.78, 5) is 24.3. The van der Waals surface area contributed by atoms with Crippen molar-refractivity contribution in [1.29, 1.82) is 0 Å². The Morgan fingerprint density at radius 1 is 1.70 bits per heavy atom. The number of aliphatic carboxylic acids is 1. The first kappa shape index (κ1) is 18.1. The van der Waals surface area contributed by atoms with Gasteiger partial charge in [0.15, 0.2) is 0 Å². The first-order chi connectivity index (χ1) is 8.99. The van der Waals surface area contributed by atoms with Gasteiger partial charge in [-0.3, -0.25) is 4.79 Å². The van der Waals surface area contributed by atoms with Crippen LogP contribution in [0, 0.1) is 5.92 Å². The van der Waals surface area contributed by atoms with Gasteiger partial charge in [-0.2, -0.15) is 0 Å². The molecule has 0 radical (unpaired) electrons. The molecule has 2 aliphatic heterocycles. The topological polar surface area (TPSA) is 113 Å². The summed E-state index contributed by atoms with van der Waals surface area (Å²) < 4.78 is -0.388. The maximum atomic E-state index is 11.9. The minimum atomic E-state index is -1.30. The normalized spacial score (nSPS) is 33.5. The summed E-state index contributed by atoms with van der Waals surface area (Å²) in [5, 5.41) is 31.5. The average Bonchev–Trinajstić information content (AvgIpc) is 2.64. The molecule has 0 bridgehead atoms. The van der Waals surface area contributed by atoms with E-state index in [1.807, 2.05) is 0 Å². The Balaban J connectivity index is 0.00000200. The van der Waals surface area contributed by atoms with Crippen LogP contribution in [0.2, 0.25) is 0 Å². The Bertz CT molecular complexity index is 422. The molecule has 106 valence electrons. The van der Waals surface area contributed by atoms with Gasteiger partial charge < -0.3 is 25.1 Å². The van der Waals surface area contributed by atoms with Gasteiger partial charge in [0.1, 0.15) is 0 Å². The fraction of sp³-hybridized carbons (Fsp3) is 0.700. The van der Waals surface area contributed by atoms with E-state index in [-0.39, 0.29) is 45.4 Å². The van der Waals surface area contributed by atoms with Crippen LogP contribution in [0.1, 0.15) is 6.92 Å². The number of aliphatic hydroxyl groups excluding tert-OH is 1. The SMILES string of the molecule is CC(O)C1C(=O)N2C1SC(SCC=NO)C2C(=O)[O-].[Na+]. The van der Waals surface area contributed by atoms with Crippen molar-refractivity contribution in [3.05, 3.63) is 0 Å². The molecule has 2 N–H and O–H groups in total. The van der Waals surface area contributed by atoms with Crippen molar-refractivity contribution in [1.82, 2.24) is 4.90 Å². The summed E-state index contributed by atoms with van der Waals surface area (Å²) in [6.07, 6.45) is 0.451. The van der Waals surface area contributed by atoms with Crippen molar-refractivity contribution in [2.75, 3.05) is 5.75 Å². The van der Waals surface area contributed by atoms with E-state index in [0.29, 0.717) is 5.75 Å². The number of carboxylic acids is 1. The molecular weight excluding hydrogens is 315 g/mol. The van der Waals surface area contributed by atoms with Crippen LogP contribution >= 0.6 is 23.5 Å². The molecule has 2 aliphatic rings. The van der Waals surface area contributed by atoms with E-state index in [0.717, 1.165) is 0 Å². The zero-order chi connectivity index (χ0) is 14.2. The molecule has 2 saturated heterocycles. The second-order valence-electron chi connectivity index (χ2n) is 4.30. The molecule has 0 aromatic heterocycles. The third-order valence-corrected chi connectivity index (χ3v) is 6.12. The standard InChI is InChI=1S/C10H14N2O5S2.Na/c1-4(13)5-7(14)12-6(9(15)16)10(19-8(5)12)18-3-2-11-17;/h2,4-6,8,10,13,17H,3H2,1H3,(H,15,16);/q;+1/p-1. The minimum absolute atomic E-state index is 0. The molecular formula is C10H13N2NaO5S2. The van der Waals surface area contributed by atoms with Gasteiger partial charge in [0.05, 0.1) is 40.2 Å². The van der Waals surface area contributed by atoms with Crippen molar-refractivity contribution in [2.24, 2.45) is 11.1 Å². The van der Waals surface area contributed by atoms with Crippen LogP contribution in [0.25, 0.3) is 0 Å². The minimum Gasteiger partial charge on any atom is -0.548 e. The summed E-state index contributed by atoms with van der Waals surface area (Å²) in [6, 6.07) is -1.01. The molecule has 1 amide bonds. The Hall–Kier alpha value is 0.0700. The molecule has 2 heterocycles. The fourth-order valence-corrected chi connectivity index (χ4v) is 5.47. The van der Waals surface area contributed by atoms with Gasteiger partial charge in [0.25, 0.3) is 0 Å². The second kappa shape index (κ2) is 7.37. The van der Waals surface area contributed by atoms with Crippen LogP contribution in [-0.4, -0.2) is 61.2 Å². The number of β-lactam (4-membered cyclic amide) rings is 1. The van der Waals surface area contributed by atoms with Gasteiger partial charge >= 0.3 is 29.6 Å². The molecule has 5 unspecified atom stereocenters. The summed E-state index contributed by atoms with van der Waals surface area (Å²) in [5.41, 5.74) is 0. The number of hydrogen-bond acceptors (Lipinski definition) is 8. The van der Waals surface area contributed by atoms with Crippen molar-refractivity contribution in [2.45, 2.75) is 29.0 Å².